The van der Waals surface area contributed by atoms with E-state index in [1.807, 2.05) is 54.1 Å². The summed E-state index contributed by atoms with van der Waals surface area (Å²) in [5.74, 6) is 0.511. The average molecular weight is 397 g/mol. The number of sulfonamides is 1. The van der Waals surface area contributed by atoms with Crippen LogP contribution in [0, 0.1) is 6.92 Å². The highest BCUT2D eigenvalue weighted by atomic mass is 32.2. The minimum atomic E-state index is -3.39. The van der Waals surface area contributed by atoms with Crippen LogP contribution in [-0.2, 0) is 22.3 Å². The molecule has 28 heavy (non-hydrogen) atoms. The second-order valence-electron chi connectivity index (χ2n) is 7.31. The molecular weight excluding hydrogens is 372 g/mol. The normalized spacial score (nSPS) is 14.3. The van der Waals surface area contributed by atoms with Crippen molar-refractivity contribution in [3.63, 3.8) is 0 Å². The molecule has 1 aliphatic carbocycles. The molecule has 2 heterocycles. The summed E-state index contributed by atoms with van der Waals surface area (Å²) in [5.41, 5.74) is 4.69. The first-order valence-electron chi connectivity index (χ1n) is 9.52. The second kappa shape index (κ2) is 7.85. The van der Waals surface area contributed by atoms with Gasteiger partial charge in [-0.05, 0) is 43.5 Å². The summed E-state index contributed by atoms with van der Waals surface area (Å²) >= 11 is 0. The molecule has 0 amide bonds. The van der Waals surface area contributed by atoms with Crippen molar-refractivity contribution in [2.75, 3.05) is 6.54 Å². The monoisotopic (exact) mass is 396 g/mol. The molecular formula is C21H24N4O2S. The zero-order valence-corrected chi connectivity index (χ0v) is 16.7. The molecule has 0 atom stereocenters. The summed E-state index contributed by atoms with van der Waals surface area (Å²) in [5, 5.41) is 4.68. The molecule has 0 aliphatic heterocycles. The lowest BCUT2D eigenvalue weighted by Crippen LogP contribution is -2.29. The van der Waals surface area contributed by atoms with Gasteiger partial charge in [-0.25, -0.2) is 13.1 Å². The van der Waals surface area contributed by atoms with Crippen LogP contribution >= 0.6 is 0 Å². The molecule has 2 aromatic heterocycles. The van der Waals surface area contributed by atoms with Crippen LogP contribution in [0.15, 0.2) is 54.7 Å². The molecule has 3 aromatic rings. The topological polar surface area (TPSA) is 76.9 Å². The van der Waals surface area contributed by atoms with E-state index in [-0.39, 0.29) is 5.75 Å². The number of pyridine rings is 1. The summed E-state index contributed by atoms with van der Waals surface area (Å²) in [6.45, 7) is 2.78. The van der Waals surface area contributed by atoms with Gasteiger partial charge in [0.25, 0.3) is 0 Å². The van der Waals surface area contributed by atoms with Crippen molar-refractivity contribution in [2.24, 2.45) is 0 Å². The van der Waals surface area contributed by atoms with E-state index < -0.39 is 10.0 Å². The van der Waals surface area contributed by atoms with Gasteiger partial charge >= 0.3 is 0 Å². The van der Waals surface area contributed by atoms with Crippen LogP contribution in [0.1, 0.15) is 35.6 Å². The van der Waals surface area contributed by atoms with Crippen molar-refractivity contribution >= 4 is 10.0 Å². The lowest BCUT2D eigenvalue weighted by molar-refractivity contribution is 0.551. The van der Waals surface area contributed by atoms with Gasteiger partial charge in [0, 0.05) is 24.4 Å². The minimum absolute atomic E-state index is 0.0115. The van der Waals surface area contributed by atoms with Crippen molar-refractivity contribution in [3.8, 4) is 11.4 Å². The van der Waals surface area contributed by atoms with E-state index in [2.05, 4.69) is 20.9 Å². The van der Waals surface area contributed by atoms with E-state index >= 15 is 0 Å². The Hall–Kier alpha value is -2.51. The van der Waals surface area contributed by atoms with Gasteiger partial charge in [0.1, 0.15) is 5.69 Å². The molecule has 0 unspecified atom stereocenters. The van der Waals surface area contributed by atoms with Crippen LogP contribution in [0.2, 0.25) is 0 Å². The fraction of sp³-hybridized carbons (Fsp3) is 0.333. The van der Waals surface area contributed by atoms with Gasteiger partial charge in [0.15, 0.2) is 0 Å². The highest BCUT2D eigenvalue weighted by Gasteiger charge is 2.28. The van der Waals surface area contributed by atoms with Crippen LogP contribution in [-0.4, -0.2) is 29.7 Å². The van der Waals surface area contributed by atoms with Gasteiger partial charge in [0.05, 0.1) is 18.0 Å². The SMILES string of the molecule is Cc1cccc(CS(=O)(=O)NCCn2nc(-c3ccccn3)cc2C2CC2)c1. The number of aryl methyl sites for hydroxylation is 1. The van der Waals surface area contributed by atoms with Crippen LogP contribution in [0.25, 0.3) is 11.4 Å². The minimum Gasteiger partial charge on any atom is -0.267 e. The van der Waals surface area contributed by atoms with Crippen molar-refractivity contribution in [3.05, 3.63) is 71.5 Å². The number of hydrogen-bond donors (Lipinski definition) is 1. The standard InChI is InChI=1S/C21H24N4O2S/c1-16-5-4-6-17(13-16)15-28(26,27)23-11-12-25-21(18-8-9-18)14-20(24-25)19-7-2-3-10-22-19/h2-7,10,13-14,18,23H,8-9,11-12,15H2,1H3. The molecule has 1 aromatic carbocycles. The third-order valence-corrected chi connectivity index (χ3v) is 6.18. The van der Waals surface area contributed by atoms with Gasteiger partial charge in [-0.3, -0.25) is 9.67 Å². The molecule has 7 heteroatoms. The number of rotatable bonds is 8. The number of hydrogen-bond acceptors (Lipinski definition) is 4. The van der Waals surface area contributed by atoms with Crippen LogP contribution < -0.4 is 4.72 Å². The van der Waals surface area contributed by atoms with E-state index in [0.29, 0.717) is 19.0 Å². The molecule has 0 saturated heterocycles. The summed E-state index contributed by atoms with van der Waals surface area (Å²) < 4.78 is 29.5. The molecule has 1 aliphatic rings. The summed E-state index contributed by atoms with van der Waals surface area (Å²) in [4.78, 5) is 4.37. The van der Waals surface area contributed by atoms with E-state index in [1.54, 1.807) is 6.20 Å². The van der Waals surface area contributed by atoms with E-state index in [9.17, 15) is 8.42 Å². The Morgan fingerprint density at radius 2 is 1.96 bits per heavy atom. The van der Waals surface area contributed by atoms with Crippen molar-refractivity contribution < 1.29 is 8.42 Å². The first-order valence-corrected chi connectivity index (χ1v) is 11.2. The molecule has 0 radical (unpaired) electrons. The molecule has 0 bridgehead atoms. The maximum atomic E-state index is 12.4. The Balaban J connectivity index is 1.42. The Morgan fingerprint density at radius 3 is 2.68 bits per heavy atom. The first kappa shape index (κ1) is 18.8. The third-order valence-electron chi connectivity index (χ3n) is 4.82. The summed E-state index contributed by atoms with van der Waals surface area (Å²) in [7, 11) is -3.39. The first-order chi connectivity index (χ1) is 13.5. The quantitative estimate of drug-likeness (QED) is 0.634. The summed E-state index contributed by atoms with van der Waals surface area (Å²) in [6.07, 6.45) is 4.07. The molecule has 4 rings (SSSR count). The fourth-order valence-electron chi connectivity index (χ4n) is 3.34. The number of nitrogens with one attached hydrogen (secondary N) is 1. The van der Waals surface area contributed by atoms with Crippen molar-refractivity contribution in [1.29, 1.82) is 0 Å². The lowest BCUT2D eigenvalue weighted by atomic mass is 10.2. The van der Waals surface area contributed by atoms with Crippen LogP contribution in [0.5, 0.6) is 0 Å². The maximum absolute atomic E-state index is 12.4. The Labute approximate surface area is 165 Å². The van der Waals surface area contributed by atoms with Gasteiger partial charge in [0.2, 0.25) is 10.0 Å². The Morgan fingerprint density at radius 1 is 1.11 bits per heavy atom. The average Bonchev–Trinajstić information content (AvgIpc) is 3.42. The molecule has 1 saturated carbocycles. The van der Waals surface area contributed by atoms with Crippen molar-refractivity contribution in [2.45, 2.75) is 38.0 Å². The van der Waals surface area contributed by atoms with Crippen molar-refractivity contribution in [1.82, 2.24) is 19.5 Å². The molecule has 1 N–H and O–H groups in total. The zero-order chi connectivity index (χ0) is 19.6. The Bertz CT molecular complexity index is 1060. The van der Waals surface area contributed by atoms with Gasteiger partial charge in [-0.2, -0.15) is 5.10 Å². The van der Waals surface area contributed by atoms with Crippen LogP contribution in [0.3, 0.4) is 0 Å². The number of nitrogens with zero attached hydrogens (tertiary/aromatic N) is 3. The third kappa shape index (κ3) is 4.66. The molecule has 6 nitrogen and oxygen atoms in total. The number of benzene rings is 1. The maximum Gasteiger partial charge on any atom is 0.215 e. The second-order valence-corrected chi connectivity index (χ2v) is 9.12. The van der Waals surface area contributed by atoms with E-state index in [1.165, 1.54) is 5.69 Å². The van der Waals surface area contributed by atoms with E-state index in [0.717, 1.165) is 35.4 Å². The Kier molecular flexibility index (Phi) is 5.28. The fourth-order valence-corrected chi connectivity index (χ4v) is 4.46. The number of aromatic nitrogens is 3. The smallest absolute Gasteiger partial charge is 0.215 e. The highest BCUT2D eigenvalue weighted by Crippen LogP contribution is 2.41. The predicted molar refractivity (Wildman–Crippen MR) is 109 cm³/mol. The highest BCUT2D eigenvalue weighted by molar-refractivity contribution is 7.88. The lowest BCUT2D eigenvalue weighted by Gasteiger charge is -2.09. The van der Waals surface area contributed by atoms with Crippen LogP contribution in [0.4, 0.5) is 0 Å². The van der Waals surface area contributed by atoms with E-state index in [4.69, 9.17) is 0 Å². The van der Waals surface area contributed by atoms with Gasteiger partial charge < -0.3 is 0 Å². The van der Waals surface area contributed by atoms with Gasteiger partial charge in [-0.1, -0.05) is 35.9 Å². The summed E-state index contributed by atoms with van der Waals surface area (Å²) in [6, 6.07) is 15.4. The largest absolute Gasteiger partial charge is 0.267 e. The van der Waals surface area contributed by atoms with Gasteiger partial charge in [-0.15, -0.1) is 0 Å². The zero-order valence-electron chi connectivity index (χ0n) is 15.9. The molecule has 1 fully saturated rings. The molecule has 0 spiro atoms. The predicted octanol–water partition coefficient (Wildman–Crippen LogP) is 3.25. The molecule has 146 valence electrons.